The first-order chi connectivity index (χ1) is 11.6. The summed E-state index contributed by atoms with van der Waals surface area (Å²) in [5.74, 6) is 0.753. The molecule has 1 N–H and O–H groups in total. The zero-order valence-corrected chi connectivity index (χ0v) is 13.8. The van der Waals surface area contributed by atoms with E-state index in [9.17, 15) is 9.59 Å². The largest absolute Gasteiger partial charge is 0.497 e. The van der Waals surface area contributed by atoms with Crippen molar-refractivity contribution in [3.8, 4) is 5.75 Å². The molecule has 0 saturated heterocycles. The van der Waals surface area contributed by atoms with Crippen LogP contribution in [-0.2, 0) is 11.2 Å². The highest BCUT2D eigenvalue weighted by Crippen LogP contribution is 2.29. The monoisotopic (exact) mass is 321 g/mol. The Kier molecular flexibility index (Phi) is 4.47. The average Bonchev–Trinajstić information content (AvgIpc) is 2.58. The number of methoxy groups -OCH3 is 1. The Morgan fingerprint density at radius 3 is 2.54 bits per heavy atom. The zero-order valence-electron chi connectivity index (χ0n) is 13.8. The van der Waals surface area contributed by atoms with E-state index in [4.69, 9.17) is 4.74 Å². The van der Waals surface area contributed by atoms with E-state index in [1.807, 2.05) is 48.5 Å². The standard InChI is InChI=1S/C20H19NO3/c1-13(22)21-17-7-3-14(4-8-17)11-16-6-5-15-12-18(24-2)9-10-19(15)20(16)23/h3-4,7-12H,5-6H2,1-2H3,(H,21,22)/b16-11-. The van der Waals surface area contributed by atoms with E-state index >= 15 is 0 Å². The van der Waals surface area contributed by atoms with Gasteiger partial charge in [-0.2, -0.15) is 0 Å². The highest BCUT2D eigenvalue weighted by molar-refractivity contribution is 6.13. The van der Waals surface area contributed by atoms with Crippen LogP contribution >= 0.6 is 0 Å². The number of anilines is 1. The van der Waals surface area contributed by atoms with Crippen molar-refractivity contribution in [1.82, 2.24) is 0 Å². The number of carbonyl (C=O) groups excluding carboxylic acids is 2. The predicted octanol–water partition coefficient (Wildman–Crippen LogP) is 3.87. The van der Waals surface area contributed by atoms with E-state index in [-0.39, 0.29) is 11.7 Å². The molecule has 0 aliphatic heterocycles. The predicted molar refractivity (Wildman–Crippen MR) is 94.4 cm³/mol. The van der Waals surface area contributed by atoms with E-state index in [0.29, 0.717) is 6.42 Å². The maximum absolute atomic E-state index is 12.7. The van der Waals surface area contributed by atoms with E-state index < -0.39 is 0 Å². The molecule has 2 aromatic carbocycles. The topological polar surface area (TPSA) is 55.4 Å². The van der Waals surface area contributed by atoms with Crippen molar-refractivity contribution >= 4 is 23.5 Å². The van der Waals surface area contributed by atoms with Crippen molar-refractivity contribution in [2.24, 2.45) is 0 Å². The average molecular weight is 321 g/mol. The van der Waals surface area contributed by atoms with Gasteiger partial charge in [0.25, 0.3) is 0 Å². The highest BCUT2D eigenvalue weighted by atomic mass is 16.5. The first-order valence-corrected chi connectivity index (χ1v) is 7.86. The van der Waals surface area contributed by atoms with E-state index in [2.05, 4.69) is 5.32 Å². The minimum atomic E-state index is -0.101. The van der Waals surface area contributed by atoms with Gasteiger partial charge in [0.05, 0.1) is 7.11 Å². The first kappa shape index (κ1) is 16.0. The minimum Gasteiger partial charge on any atom is -0.497 e. The van der Waals surface area contributed by atoms with Gasteiger partial charge in [-0.05, 0) is 60.4 Å². The normalized spacial score (nSPS) is 15.1. The molecule has 0 spiro atoms. The number of amides is 1. The SMILES string of the molecule is COc1ccc2c(c1)CC/C(=C/c1ccc(NC(C)=O)cc1)C2=O. The summed E-state index contributed by atoms with van der Waals surface area (Å²) in [4.78, 5) is 23.7. The van der Waals surface area contributed by atoms with Gasteiger partial charge in [0.15, 0.2) is 5.78 Å². The summed E-state index contributed by atoms with van der Waals surface area (Å²) in [6.07, 6.45) is 3.47. The first-order valence-electron chi connectivity index (χ1n) is 7.86. The van der Waals surface area contributed by atoms with E-state index in [1.54, 1.807) is 7.11 Å². The van der Waals surface area contributed by atoms with Crippen LogP contribution in [0.15, 0.2) is 48.0 Å². The van der Waals surface area contributed by atoms with Gasteiger partial charge in [-0.25, -0.2) is 0 Å². The molecule has 0 atom stereocenters. The number of hydrogen-bond acceptors (Lipinski definition) is 3. The van der Waals surface area contributed by atoms with Gasteiger partial charge < -0.3 is 10.1 Å². The minimum absolute atomic E-state index is 0.0739. The highest BCUT2D eigenvalue weighted by Gasteiger charge is 2.22. The van der Waals surface area contributed by atoms with Crippen LogP contribution in [0.5, 0.6) is 5.75 Å². The van der Waals surface area contributed by atoms with Crippen molar-refractivity contribution in [2.45, 2.75) is 19.8 Å². The Bertz CT molecular complexity index is 819. The Morgan fingerprint density at radius 2 is 1.88 bits per heavy atom. The second-order valence-electron chi connectivity index (χ2n) is 5.82. The molecule has 2 aromatic rings. The number of fused-ring (bicyclic) bond motifs is 1. The summed E-state index contributed by atoms with van der Waals surface area (Å²) < 4.78 is 5.22. The Labute approximate surface area is 141 Å². The fraction of sp³-hybridized carbons (Fsp3) is 0.200. The molecule has 1 aliphatic rings. The molecule has 0 heterocycles. The molecular formula is C20H19NO3. The molecule has 0 saturated carbocycles. The van der Waals surface area contributed by atoms with Crippen molar-refractivity contribution in [1.29, 1.82) is 0 Å². The Hall–Kier alpha value is -2.88. The van der Waals surface area contributed by atoms with Crippen molar-refractivity contribution < 1.29 is 14.3 Å². The zero-order chi connectivity index (χ0) is 17.1. The van der Waals surface area contributed by atoms with Gasteiger partial charge in [-0.1, -0.05) is 12.1 Å². The molecule has 4 nitrogen and oxygen atoms in total. The second kappa shape index (κ2) is 6.71. The number of Topliss-reactive ketones (excluding diaryl/α,β-unsaturated/α-hetero) is 1. The second-order valence-corrected chi connectivity index (χ2v) is 5.82. The van der Waals surface area contributed by atoms with Crippen LogP contribution in [-0.4, -0.2) is 18.8 Å². The van der Waals surface area contributed by atoms with Gasteiger partial charge in [-0.15, -0.1) is 0 Å². The molecule has 1 amide bonds. The summed E-state index contributed by atoms with van der Waals surface area (Å²) >= 11 is 0. The van der Waals surface area contributed by atoms with E-state index in [0.717, 1.165) is 40.1 Å². The number of ether oxygens (including phenoxy) is 1. The van der Waals surface area contributed by atoms with Crippen LogP contribution in [0.25, 0.3) is 6.08 Å². The third-order valence-electron chi connectivity index (χ3n) is 4.08. The summed E-state index contributed by atoms with van der Waals surface area (Å²) in [5.41, 5.74) is 4.29. The fourth-order valence-corrected chi connectivity index (χ4v) is 2.89. The lowest BCUT2D eigenvalue weighted by atomic mass is 9.86. The molecule has 3 rings (SSSR count). The lowest BCUT2D eigenvalue weighted by molar-refractivity contribution is -0.114. The van der Waals surface area contributed by atoms with Crippen molar-refractivity contribution in [2.75, 3.05) is 12.4 Å². The van der Waals surface area contributed by atoms with Crippen LogP contribution in [0.3, 0.4) is 0 Å². The molecule has 1 aliphatic carbocycles. The molecule has 4 heteroatoms. The third-order valence-corrected chi connectivity index (χ3v) is 4.08. The lowest BCUT2D eigenvalue weighted by Crippen LogP contribution is -2.14. The van der Waals surface area contributed by atoms with E-state index in [1.165, 1.54) is 6.92 Å². The molecule has 0 unspecified atom stereocenters. The van der Waals surface area contributed by atoms with Crippen LogP contribution in [0.4, 0.5) is 5.69 Å². The van der Waals surface area contributed by atoms with Gasteiger partial charge in [0, 0.05) is 23.7 Å². The van der Waals surface area contributed by atoms with Gasteiger partial charge in [-0.3, -0.25) is 9.59 Å². The number of hydrogen-bond donors (Lipinski definition) is 1. The Balaban J connectivity index is 1.83. The molecule has 24 heavy (non-hydrogen) atoms. The summed E-state index contributed by atoms with van der Waals surface area (Å²) in [7, 11) is 1.63. The number of benzene rings is 2. The third kappa shape index (κ3) is 3.38. The molecule has 0 radical (unpaired) electrons. The molecule has 0 fully saturated rings. The number of allylic oxidation sites excluding steroid dienone is 1. The lowest BCUT2D eigenvalue weighted by Gasteiger charge is -2.18. The van der Waals surface area contributed by atoms with Crippen LogP contribution in [0.2, 0.25) is 0 Å². The van der Waals surface area contributed by atoms with Crippen LogP contribution in [0.1, 0.15) is 34.8 Å². The quantitative estimate of drug-likeness (QED) is 0.873. The van der Waals surface area contributed by atoms with Gasteiger partial charge >= 0.3 is 0 Å². The fourth-order valence-electron chi connectivity index (χ4n) is 2.89. The number of carbonyl (C=O) groups is 2. The van der Waals surface area contributed by atoms with Crippen LogP contribution in [0, 0.1) is 0 Å². The number of rotatable bonds is 3. The molecule has 0 aromatic heterocycles. The molecule has 0 bridgehead atoms. The maximum atomic E-state index is 12.7. The maximum Gasteiger partial charge on any atom is 0.221 e. The number of nitrogens with one attached hydrogen (secondary N) is 1. The Morgan fingerprint density at radius 1 is 1.12 bits per heavy atom. The molecule has 122 valence electrons. The van der Waals surface area contributed by atoms with Crippen molar-refractivity contribution in [3.05, 3.63) is 64.7 Å². The van der Waals surface area contributed by atoms with Gasteiger partial charge in [0.2, 0.25) is 5.91 Å². The smallest absolute Gasteiger partial charge is 0.221 e. The van der Waals surface area contributed by atoms with Gasteiger partial charge in [0.1, 0.15) is 5.75 Å². The summed E-state index contributed by atoms with van der Waals surface area (Å²) in [6.45, 7) is 1.48. The van der Waals surface area contributed by atoms with Crippen molar-refractivity contribution in [3.63, 3.8) is 0 Å². The summed E-state index contributed by atoms with van der Waals surface area (Å²) in [5, 5.41) is 2.73. The number of ketones is 1. The van der Waals surface area contributed by atoms with Crippen LogP contribution < -0.4 is 10.1 Å². The molecular weight excluding hydrogens is 302 g/mol. The number of aryl methyl sites for hydroxylation is 1. The summed E-state index contributed by atoms with van der Waals surface area (Å²) in [6, 6.07) is 13.1.